The van der Waals surface area contributed by atoms with Crippen molar-refractivity contribution < 1.29 is 19.1 Å². The van der Waals surface area contributed by atoms with Crippen molar-refractivity contribution in [2.75, 3.05) is 20.2 Å². The lowest BCUT2D eigenvalue weighted by atomic mass is 9.86. The van der Waals surface area contributed by atoms with Gasteiger partial charge in [-0.05, 0) is 23.3 Å². The number of methoxy groups -OCH3 is 1. The van der Waals surface area contributed by atoms with Gasteiger partial charge in [-0.1, -0.05) is 36.4 Å². The fourth-order valence-electron chi connectivity index (χ4n) is 3.68. The Hall–Kier alpha value is -3.17. The monoisotopic (exact) mass is 378 g/mol. The first-order valence-electron chi connectivity index (χ1n) is 9.08. The molecule has 3 rings (SSSR count). The molecule has 2 aromatic rings. The van der Waals surface area contributed by atoms with Gasteiger partial charge < -0.3 is 9.47 Å². The van der Waals surface area contributed by atoms with Crippen molar-refractivity contribution in [2.45, 2.75) is 19.4 Å². The van der Waals surface area contributed by atoms with Crippen LogP contribution in [0, 0.1) is 17.2 Å². The van der Waals surface area contributed by atoms with E-state index in [0.717, 1.165) is 12.1 Å². The van der Waals surface area contributed by atoms with E-state index in [1.165, 1.54) is 25.7 Å². The third-order valence-electron chi connectivity index (χ3n) is 4.90. The minimum atomic E-state index is -0.512. The Bertz CT molecular complexity index is 904. The second-order valence-electron chi connectivity index (χ2n) is 6.86. The molecule has 2 aromatic carbocycles. The lowest BCUT2D eigenvalue weighted by Crippen LogP contribution is -2.20. The molecule has 1 saturated heterocycles. The van der Waals surface area contributed by atoms with Crippen LogP contribution >= 0.6 is 0 Å². The smallest absolute Gasteiger partial charge is 0.338 e. The van der Waals surface area contributed by atoms with Crippen molar-refractivity contribution >= 4 is 11.9 Å². The number of nitrogens with zero attached hydrogens (tertiary/aromatic N) is 2. The lowest BCUT2D eigenvalue weighted by molar-refractivity contribution is -0.131. The Labute approximate surface area is 164 Å². The Morgan fingerprint density at radius 3 is 2.57 bits per heavy atom. The van der Waals surface area contributed by atoms with Crippen molar-refractivity contribution in [1.82, 2.24) is 4.90 Å². The van der Waals surface area contributed by atoms with Crippen LogP contribution in [-0.2, 0) is 16.1 Å². The summed E-state index contributed by atoms with van der Waals surface area (Å²) in [5.41, 5.74) is 2.25. The molecule has 144 valence electrons. The maximum Gasteiger partial charge on any atom is 0.338 e. The summed E-state index contributed by atoms with van der Waals surface area (Å²) < 4.78 is 10.0. The highest BCUT2D eigenvalue weighted by Crippen LogP contribution is 2.36. The van der Waals surface area contributed by atoms with Gasteiger partial charge in [-0.25, -0.2) is 4.79 Å². The second-order valence-corrected chi connectivity index (χ2v) is 6.86. The van der Waals surface area contributed by atoms with Crippen LogP contribution in [0.2, 0.25) is 0 Å². The predicted octanol–water partition coefficient (Wildman–Crippen LogP) is 3.14. The average Bonchev–Trinajstić information content (AvgIpc) is 3.10. The second kappa shape index (κ2) is 8.68. The normalized spacial score (nSPS) is 19.0. The number of hydrogen-bond donors (Lipinski definition) is 0. The molecule has 1 aliphatic rings. The molecule has 0 radical (unpaired) electrons. The van der Waals surface area contributed by atoms with Crippen LogP contribution < -0.4 is 4.74 Å². The quantitative estimate of drug-likeness (QED) is 0.587. The van der Waals surface area contributed by atoms with E-state index in [0.29, 0.717) is 18.7 Å². The topological polar surface area (TPSA) is 79.6 Å². The minimum absolute atomic E-state index is 0.130. The van der Waals surface area contributed by atoms with E-state index in [1.54, 1.807) is 12.1 Å². The van der Waals surface area contributed by atoms with Crippen LogP contribution in [0.3, 0.4) is 0 Å². The number of likely N-dealkylation sites (tertiary alicyclic amines) is 1. The van der Waals surface area contributed by atoms with Gasteiger partial charge in [0.15, 0.2) is 0 Å². The molecular weight excluding hydrogens is 356 g/mol. The highest BCUT2D eigenvalue weighted by atomic mass is 16.5. The van der Waals surface area contributed by atoms with Crippen LogP contribution in [-0.4, -0.2) is 37.0 Å². The van der Waals surface area contributed by atoms with Gasteiger partial charge in [-0.15, -0.1) is 0 Å². The van der Waals surface area contributed by atoms with E-state index in [4.69, 9.17) is 9.47 Å². The molecule has 0 saturated carbocycles. The molecule has 6 nitrogen and oxygen atoms in total. The van der Waals surface area contributed by atoms with Crippen LogP contribution in [0.4, 0.5) is 0 Å². The Kier molecular flexibility index (Phi) is 6.07. The fraction of sp³-hybridized carbons (Fsp3) is 0.318. The van der Waals surface area contributed by atoms with Gasteiger partial charge in [-0.2, -0.15) is 5.26 Å². The molecule has 1 aliphatic heterocycles. The van der Waals surface area contributed by atoms with E-state index in [1.807, 2.05) is 18.2 Å². The molecule has 0 aliphatic carbocycles. The van der Waals surface area contributed by atoms with Crippen molar-refractivity contribution in [2.24, 2.45) is 5.92 Å². The lowest BCUT2D eigenvalue weighted by Gasteiger charge is -2.18. The molecule has 2 atom stereocenters. The zero-order valence-electron chi connectivity index (χ0n) is 15.9. The number of carbonyl (C=O) groups excluding carboxylic acids is 2. The van der Waals surface area contributed by atoms with Gasteiger partial charge in [0.05, 0.1) is 24.7 Å². The molecular formula is C22H22N2O4. The molecule has 1 heterocycles. The van der Waals surface area contributed by atoms with Crippen LogP contribution in [0.15, 0.2) is 48.5 Å². The molecule has 1 fully saturated rings. The maximum absolute atomic E-state index is 12.3. The number of hydrogen-bond acceptors (Lipinski definition) is 6. The van der Waals surface area contributed by atoms with Gasteiger partial charge in [-0.3, -0.25) is 9.69 Å². The van der Waals surface area contributed by atoms with Gasteiger partial charge in [0.1, 0.15) is 5.75 Å². The molecule has 0 spiro atoms. The summed E-state index contributed by atoms with van der Waals surface area (Å²) in [5.74, 6) is -1.07. The number of rotatable bonds is 5. The van der Waals surface area contributed by atoms with Crippen LogP contribution in [0.1, 0.15) is 34.3 Å². The van der Waals surface area contributed by atoms with E-state index in [-0.39, 0.29) is 17.6 Å². The molecule has 0 amide bonds. The average molecular weight is 378 g/mol. The molecule has 6 heteroatoms. The third-order valence-corrected chi connectivity index (χ3v) is 4.90. The summed E-state index contributed by atoms with van der Waals surface area (Å²) in [7, 11) is 1.31. The number of benzene rings is 2. The van der Waals surface area contributed by atoms with E-state index >= 15 is 0 Å². The van der Waals surface area contributed by atoms with Crippen molar-refractivity contribution in [3.05, 3.63) is 65.2 Å². The number of esters is 2. The van der Waals surface area contributed by atoms with Crippen LogP contribution in [0.5, 0.6) is 5.75 Å². The Balaban J connectivity index is 1.89. The van der Waals surface area contributed by atoms with Gasteiger partial charge in [0, 0.05) is 32.5 Å². The maximum atomic E-state index is 12.3. The zero-order valence-corrected chi connectivity index (χ0v) is 15.9. The van der Waals surface area contributed by atoms with E-state index in [9.17, 15) is 14.9 Å². The summed E-state index contributed by atoms with van der Waals surface area (Å²) >= 11 is 0. The molecule has 0 unspecified atom stereocenters. The van der Waals surface area contributed by atoms with Crippen LogP contribution in [0.25, 0.3) is 0 Å². The molecule has 0 N–H and O–H groups in total. The van der Waals surface area contributed by atoms with Crippen molar-refractivity contribution in [3.8, 4) is 11.8 Å². The zero-order chi connectivity index (χ0) is 20.1. The Morgan fingerprint density at radius 2 is 1.93 bits per heavy atom. The first-order valence-corrected chi connectivity index (χ1v) is 9.08. The SMILES string of the molecule is COC(=O)c1cc(OC(C)=O)ccc1[C@H]1CN(Cc2ccccc2)C[C@@H]1C#N. The van der Waals surface area contributed by atoms with E-state index < -0.39 is 11.9 Å². The summed E-state index contributed by atoms with van der Waals surface area (Å²) in [6.07, 6.45) is 0. The summed E-state index contributed by atoms with van der Waals surface area (Å²) in [6.45, 7) is 3.33. The third kappa shape index (κ3) is 4.38. The first kappa shape index (κ1) is 19.6. The molecule has 0 aromatic heterocycles. The molecule has 28 heavy (non-hydrogen) atoms. The predicted molar refractivity (Wildman–Crippen MR) is 103 cm³/mol. The number of ether oxygens (including phenoxy) is 2. The standard InChI is InChI=1S/C22H22N2O4/c1-15(25)28-18-8-9-19(20(10-18)22(26)27-2)21-14-24(13-17(21)11-23)12-16-6-4-3-5-7-16/h3-10,17,21H,12-14H2,1-2H3/t17-,21-/m0/s1. The van der Waals surface area contributed by atoms with Crippen molar-refractivity contribution in [1.29, 1.82) is 5.26 Å². The highest BCUT2D eigenvalue weighted by molar-refractivity contribution is 5.92. The number of nitriles is 1. The van der Waals surface area contributed by atoms with Gasteiger partial charge in [0.25, 0.3) is 0 Å². The summed E-state index contributed by atoms with van der Waals surface area (Å²) in [5, 5.41) is 9.68. The van der Waals surface area contributed by atoms with Gasteiger partial charge >= 0.3 is 11.9 Å². The largest absolute Gasteiger partial charge is 0.465 e. The first-order chi connectivity index (χ1) is 13.5. The molecule has 0 bridgehead atoms. The minimum Gasteiger partial charge on any atom is -0.465 e. The summed E-state index contributed by atoms with van der Waals surface area (Å²) in [6, 6.07) is 17.4. The highest BCUT2D eigenvalue weighted by Gasteiger charge is 2.36. The Morgan fingerprint density at radius 1 is 1.18 bits per heavy atom. The van der Waals surface area contributed by atoms with Crippen molar-refractivity contribution in [3.63, 3.8) is 0 Å². The fourth-order valence-corrected chi connectivity index (χ4v) is 3.68. The van der Waals surface area contributed by atoms with Gasteiger partial charge in [0.2, 0.25) is 0 Å². The summed E-state index contributed by atoms with van der Waals surface area (Å²) in [4.78, 5) is 25.8. The van der Waals surface area contributed by atoms with E-state index in [2.05, 4.69) is 23.1 Å². The number of carbonyl (C=O) groups is 2.